The van der Waals surface area contributed by atoms with Crippen molar-refractivity contribution in [3.05, 3.63) is 72.3 Å². The third-order valence-corrected chi connectivity index (χ3v) is 5.59. The van der Waals surface area contributed by atoms with Crippen molar-refractivity contribution in [2.24, 2.45) is 0 Å². The summed E-state index contributed by atoms with van der Waals surface area (Å²) in [4.78, 5) is 27.8. The minimum absolute atomic E-state index is 0.149. The molecule has 0 aliphatic carbocycles. The molecule has 3 aromatic carbocycles. The van der Waals surface area contributed by atoms with Crippen LogP contribution in [0.1, 0.15) is 18.9 Å². The third kappa shape index (κ3) is 5.04. The highest BCUT2D eigenvalue weighted by Crippen LogP contribution is 2.33. The standard InChI is InChI=1S/C27H27N3O4/c1-17(31)28-19-10-14-25(34-3)24(16-19)29-26(32)15-13-22-21-6-4-5-7-23(21)30-27(22)18-8-11-20(33-2)12-9-18/h4-12,14,16,30H,13,15H2,1-3H3,(H,28,31)(H,29,32). The molecule has 0 aliphatic heterocycles. The maximum Gasteiger partial charge on any atom is 0.224 e. The number of para-hydroxylation sites is 1. The Hall–Kier alpha value is -4.26. The zero-order valence-corrected chi connectivity index (χ0v) is 19.4. The fourth-order valence-electron chi connectivity index (χ4n) is 4.00. The van der Waals surface area contributed by atoms with Crippen molar-refractivity contribution < 1.29 is 19.1 Å². The maximum atomic E-state index is 12.9. The van der Waals surface area contributed by atoms with Gasteiger partial charge in [-0.05, 0) is 66.1 Å². The van der Waals surface area contributed by atoms with Crippen LogP contribution in [0.3, 0.4) is 0 Å². The van der Waals surface area contributed by atoms with Crippen molar-refractivity contribution in [2.45, 2.75) is 19.8 Å². The smallest absolute Gasteiger partial charge is 0.224 e. The second-order valence-corrected chi connectivity index (χ2v) is 7.90. The molecular weight excluding hydrogens is 430 g/mol. The van der Waals surface area contributed by atoms with E-state index in [-0.39, 0.29) is 18.2 Å². The predicted molar refractivity (Wildman–Crippen MR) is 135 cm³/mol. The lowest BCUT2D eigenvalue weighted by Crippen LogP contribution is -2.14. The van der Waals surface area contributed by atoms with E-state index >= 15 is 0 Å². The Labute approximate surface area is 198 Å². The molecule has 4 aromatic rings. The molecule has 0 unspecified atom stereocenters. The summed E-state index contributed by atoms with van der Waals surface area (Å²) < 4.78 is 10.6. The Morgan fingerprint density at radius 2 is 1.68 bits per heavy atom. The van der Waals surface area contributed by atoms with E-state index in [9.17, 15) is 9.59 Å². The van der Waals surface area contributed by atoms with Crippen LogP contribution < -0.4 is 20.1 Å². The van der Waals surface area contributed by atoms with Crippen molar-refractivity contribution in [1.82, 2.24) is 4.98 Å². The summed E-state index contributed by atoms with van der Waals surface area (Å²) in [5.74, 6) is 0.974. The number of benzene rings is 3. The molecule has 0 saturated heterocycles. The van der Waals surface area contributed by atoms with Crippen LogP contribution in [0.2, 0.25) is 0 Å². The minimum atomic E-state index is -0.187. The summed E-state index contributed by atoms with van der Waals surface area (Å²) in [6.45, 7) is 1.43. The van der Waals surface area contributed by atoms with Gasteiger partial charge in [-0.15, -0.1) is 0 Å². The normalized spacial score (nSPS) is 10.7. The second kappa shape index (κ2) is 10.1. The highest BCUT2D eigenvalue weighted by atomic mass is 16.5. The van der Waals surface area contributed by atoms with E-state index in [0.717, 1.165) is 33.5 Å². The Morgan fingerprint density at radius 3 is 2.38 bits per heavy atom. The molecule has 0 bridgehead atoms. The number of nitrogens with one attached hydrogen (secondary N) is 3. The van der Waals surface area contributed by atoms with E-state index in [1.165, 1.54) is 14.0 Å². The maximum absolute atomic E-state index is 12.9. The number of anilines is 2. The van der Waals surface area contributed by atoms with E-state index in [4.69, 9.17) is 9.47 Å². The number of amides is 2. The molecule has 0 atom stereocenters. The molecule has 2 amide bonds. The molecule has 0 radical (unpaired) electrons. The Bertz CT molecular complexity index is 1330. The lowest BCUT2D eigenvalue weighted by Gasteiger charge is -2.13. The third-order valence-electron chi connectivity index (χ3n) is 5.59. The molecule has 0 fully saturated rings. The fourth-order valence-corrected chi connectivity index (χ4v) is 4.00. The van der Waals surface area contributed by atoms with E-state index in [1.54, 1.807) is 25.3 Å². The summed E-state index contributed by atoms with van der Waals surface area (Å²) in [5, 5.41) is 6.73. The number of carbonyl (C=O) groups is 2. The summed E-state index contributed by atoms with van der Waals surface area (Å²) in [6, 6.07) is 21.1. The number of ether oxygens (including phenoxy) is 2. The van der Waals surface area contributed by atoms with Gasteiger partial charge < -0.3 is 25.1 Å². The average Bonchev–Trinajstić information content (AvgIpc) is 3.21. The van der Waals surface area contributed by atoms with Crippen LogP contribution in [0.5, 0.6) is 11.5 Å². The number of hydrogen-bond acceptors (Lipinski definition) is 4. The molecule has 7 nitrogen and oxygen atoms in total. The molecule has 0 aliphatic rings. The van der Waals surface area contributed by atoms with Crippen LogP contribution in [0.4, 0.5) is 11.4 Å². The van der Waals surface area contributed by atoms with Gasteiger partial charge in [0.2, 0.25) is 11.8 Å². The Balaban J connectivity index is 1.56. The molecule has 4 rings (SSSR count). The molecule has 3 N–H and O–H groups in total. The van der Waals surface area contributed by atoms with Gasteiger partial charge in [-0.25, -0.2) is 0 Å². The number of carbonyl (C=O) groups excluding carboxylic acids is 2. The van der Waals surface area contributed by atoms with Gasteiger partial charge in [-0.3, -0.25) is 9.59 Å². The first-order chi connectivity index (χ1) is 16.5. The first kappa shape index (κ1) is 22.9. The van der Waals surface area contributed by atoms with Gasteiger partial charge in [0, 0.05) is 35.6 Å². The second-order valence-electron chi connectivity index (χ2n) is 7.90. The molecule has 1 aromatic heterocycles. The zero-order chi connectivity index (χ0) is 24.1. The molecule has 0 spiro atoms. The highest BCUT2D eigenvalue weighted by Gasteiger charge is 2.16. The number of rotatable bonds is 8. The average molecular weight is 458 g/mol. The first-order valence-corrected chi connectivity index (χ1v) is 11.0. The van der Waals surface area contributed by atoms with Crippen LogP contribution >= 0.6 is 0 Å². The van der Waals surface area contributed by atoms with Gasteiger partial charge in [-0.1, -0.05) is 18.2 Å². The minimum Gasteiger partial charge on any atom is -0.497 e. The number of H-pyrrole nitrogens is 1. The number of hydrogen-bond donors (Lipinski definition) is 3. The Morgan fingerprint density at radius 1 is 0.912 bits per heavy atom. The van der Waals surface area contributed by atoms with Gasteiger partial charge in [0.1, 0.15) is 11.5 Å². The lowest BCUT2D eigenvalue weighted by molar-refractivity contribution is -0.116. The summed E-state index contributed by atoms with van der Waals surface area (Å²) in [6.07, 6.45) is 0.823. The monoisotopic (exact) mass is 457 g/mol. The predicted octanol–water partition coefficient (Wildman–Crippen LogP) is 5.38. The summed E-state index contributed by atoms with van der Waals surface area (Å²) >= 11 is 0. The van der Waals surface area contributed by atoms with E-state index < -0.39 is 0 Å². The van der Waals surface area contributed by atoms with Crippen molar-refractivity contribution in [2.75, 3.05) is 24.9 Å². The molecule has 7 heteroatoms. The van der Waals surface area contributed by atoms with Crippen molar-refractivity contribution in [3.8, 4) is 22.8 Å². The highest BCUT2D eigenvalue weighted by molar-refractivity contribution is 5.96. The SMILES string of the molecule is COc1ccc(-c2[nH]c3ccccc3c2CCC(=O)Nc2cc(NC(C)=O)ccc2OC)cc1. The van der Waals surface area contributed by atoms with Crippen LogP contribution in [-0.2, 0) is 16.0 Å². The summed E-state index contributed by atoms with van der Waals surface area (Å²) in [5.41, 5.74) is 5.21. The molecule has 1 heterocycles. The largest absolute Gasteiger partial charge is 0.497 e. The van der Waals surface area contributed by atoms with Crippen LogP contribution in [-0.4, -0.2) is 31.0 Å². The zero-order valence-electron chi connectivity index (χ0n) is 19.4. The topological polar surface area (TPSA) is 92.5 Å². The van der Waals surface area contributed by atoms with E-state index in [1.807, 2.05) is 42.5 Å². The number of aryl methyl sites for hydroxylation is 1. The number of fused-ring (bicyclic) bond motifs is 1. The number of aromatic nitrogens is 1. The number of aromatic amines is 1. The van der Waals surface area contributed by atoms with Gasteiger partial charge in [0.15, 0.2) is 0 Å². The van der Waals surface area contributed by atoms with E-state index in [0.29, 0.717) is 23.5 Å². The fraction of sp³-hybridized carbons (Fsp3) is 0.185. The lowest BCUT2D eigenvalue weighted by atomic mass is 10.0. The van der Waals surface area contributed by atoms with Gasteiger partial charge >= 0.3 is 0 Å². The van der Waals surface area contributed by atoms with Crippen LogP contribution in [0.25, 0.3) is 22.2 Å². The quantitative estimate of drug-likeness (QED) is 0.331. The first-order valence-electron chi connectivity index (χ1n) is 11.0. The van der Waals surface area contributed by atoms with Crippen molar-refractivity contribution >= 4 is 34.1 Å². The Kier molecular flexibility index (Phi) is 6.82. The molecule has 174 valence electrons. The van der Waals surface area contributed by atoms with E-state index in [2.05, 4.69) is 21.7 Å². The number of methoxy groups -OCH3 is 2. The molecule has 0 saturated carbocycles. The van der Waals surface area contributed by atoms with Crippen molar-refractivity contribution in [1.29, 1.82) is 0 Å². The van der Waals surface area contributed by atoms with Gasteiger partial charge in [0.25, 0.3) is 0 Å². The molecule has 34 heavy (non-hydrogen) atoms. The van der Waals surface area contributed by atoms with Crippen molar-refractivity contribution in [3.63, 3.8) is 0 Å². The van der Waals surface area contributed by atoms with Gasteiger partial charge in [-0.2, -0.15) is 0 Å². The van der Waals surface area contributed by atoms with Crippen LogP contribution in [0.15, 0.2) is 66.7 Å². The van der Waals surface area contributed by atoms with Crippen LogP contribution in [0, 0.1) is 0 Å². The summed E-state index contributed by atoms with van der Waals surface area (Å²) in [7, 11) is 3.18. The molecular formula is C27H27N3O4. The van der Waals surface area contributed by atoms with Gasteiger partial charge in [0.05, 0.1) is 19.9 Å².